The Labute approximate surface area is 87.2 Å². The summed E-state index contributed by atoms with van der Waals surface area (Å²) in [6, 6.07) is 0. The lowest BCUT2D eigenvalue weighted by Crippen LogP contribution is -3.00. The molecule has 0 bridgehead atoms. The molecule has 3 heteroatoms. The molecule has 0 aliphatic carbocycles. The number of likely N-dealkylation sites (tertiary alicyclic amines) is 1. The van der Waals surface area contributed by atoms with Crippen molar-refractivity contribution in [1.82, 2.24) is 0 Å². The standard InChI is InChI=1S/C10H20NO.ClH/c1-8-4-11(3,5-9(8)2)6-10-7-12-10;/h8-10H,4-7H2,1-3H3;1H/q+1;/p-1. The number of hydrogen-bond donors (Lipinski definition) is 0. The van der Waals surface area contributed by atoms with E-state index in [1.807, 2.05) is 0 Å². The van der Waals surface area contributed by atoms with Crippen molar-refractivity contribution in [1.29, 1.82) is 0 Å². The molecule has 0 spiro atoms. The largest absolute Gasteiger partial charge is 1.00 e. The lowest BCUT2D eigenvalue weighted by molar-refractivity contribution is -0.900. The van der Waals surface area contributed by atoms with Gasteiger partial charge in [0.05, 0.1) is 26.7 Å². The molecule has 0 N–H and O–H groups in total. The Balaban J connectivity index is 0.000000845. The minimum absolute atomic E-state index is 0. The minimum atomic E-state index is 0. The fraction of sp³-hybridized carbons (Fsp3) is 1.00. The Morgan fingerprint density at radius 1 is 1.23 bits per heavy atom. The summed E-state index contributed by atoms with van der Waals surface area (Å²) in [6.45, 7) is 9.71. The molecule has 0 aromatic carbocycles. The van der Waals surface area contributed by atoms with Crippen molar-refractivity contribution in [3.8, 4) is 0 Å². The summed E-state index contributed by atoms with van der Waals surface area (Å²) >= 11 is 0. The van der Waals surface area contributed by atoms with Gasteiger partial charge in [-0.05, 0) is 0 Å². The van der Waals surface area contributed by atoms with Gasteiger partial charge in [-0.25, -0.2) is 0 Å². The smallest absolute Gasteiger partial charge is 0.130 e. The van der Waals surface area contributed by atoms with Crippen LogP contribution in [0.4, 0.5) is 0 Å². The van der Waals surface area contributed by atoms with E-state index in [1.165, 1.54) is 24.1 Å². The van der Waals surface area contributed by atoms with Crippen LogP contribution in [0.5, 0.6) is 0 Å². The van der Waals surface area contributed by atoms with Crippen molar-refractivity contribution in [3.05, 3.63) is 0 Å². The zero-order chi connectivity index (χ0) is 8.77. The van der Waals surface area contributed by atoms with Crippen LogP contribution in [0.2, 0.25) is 0 Å². The maximum absolute atomic E-state index is 5.29. The number of halogens is 1. The summed E-state index contributed by atoms with van der Waals surface area (Å²) < 4.78 is 6.53. The van der Waals surface area contributed by atoms with Crippen LogP contribution in [0.25, 0.3) is 0 Å². The summed E-state index contributed by atoms with van der Waals surface area (Å²) in [5, 5.41) is 0. The van der Waals surface area contributed by atoms with Crippen LogP contribution in [0, 0.1) is 11.8 Å². The number of rotatable bonds is 2. The van der Waals surface area contributed by atoms with Gasteiger partial charge < -0.3 is 21.6 Å². The summed E-state index contributed by atoms with van der Waals surface area (Å²) in [5.74, 6) is 1.79. The normalized spacial score (nSPS) is 48.7. The van der Waals surface area contributed by atoms with E-state index in [0.717, 1.165) is 18.4 Å². The fourth-order valence-corrected chi connectivity index (χ4v) is 2.64. The highest BCUT2D eigenvalue weighted by Gasteiger charge is 2.42. The number of ether oxygens (including phenoxy) is 1. The van der Waals surface area contributed by atoms with E-state index in [4.69, 9.17) is 4.74 Å². The van der Waals surface area contributed by atoms with Gasteiger partial charge in [-0.15, -0.1) is 0 Å². The molecule has 3 unspecified atom stereocenters. The molecular weight excluding hydrogens is 186 g/mol. The molecule has 0 aromatic rings. The molecule has 2 saturated heterocycles. The molecular formula is C10H20ClNO. The predicted octanol–water partition coefficient (Wildman–Crippen LogP) is -1.88. The van der Waals surface area contributed by atoms with Crippen molar-refractivity contribution in [2.24, 2.45) is 11.8 Å². The first-order chi connectivity index (χ1) is 5.59. The second kappa shape index (κ2) is 3.76. The number of likely N-dealkylation sites (N-methyl/N-ethyl adjacent to an activating group) is 1. The molecule has 2 fully saturated rings. The van der Waals surface area contributed by atoms with E-state index in [2.05, 4.69) is 20.9 Å². The fourth-order valence-electron chi connectivity index (χ4n) is 2.64. The average Bonchev–Trinajstić information content (AvgIpc) is 2.65. The summed E-state index contributed by atoms with van der Waals surface area (Å²) in [6.07, 6.45) is 0.590. The highest BCUT2D eigenvalue weighted by atomic mass is 35.5. The van der Waals surface area contributed by atoms with Gasteiger partial charge in [-0.3, -0.25) is 0 Å². The number of hydrogen-bond acceptors (Lipinski definition) is 1. The van der Waals surface area contributed by atoms with Gasteiger partial charge in [0.2, 0.25) is 0 Å². The van der Waals surface area contributed by atoms with Crippen molar-refractivity contribution in [2.75, 3.05) is 33.3 Å². The topological polar surface area (TPSA) is 12.5 Å². The van der Waals surface area contributed by atoms with Gasteiger partial charge in [0.15, 0.2) is 0 Å². The molecule has 78 valence electrons. The van der Waals surface area contributed by atoms with Gasteiger partial charge in [-0.2, -0.15) is 0 Å². The lowest BCUT2D eigenvalue weighted by atomic mass is 10.0. The van der Waals surface area contributed by atoms with Crippen molar-refractivity contribution < 1.29 is 21.6 Å². The van der Waals surface area contributed by atoms with Crippen LogP contribution >= 0.6 is 0 Å². The summed E-state index contributed by atoms with van der Waals surface area (Å²) in [7, 11) is 2.38. The second-order valence-corrected chi connectivity index (χ2v) is 5.08. The average molecular weight is 206 g/mol. The van der Waals surface area contributed by atoms with Crippen molar-refractivity contribution in [3.63, 3.8) is 0 Å². The lowest BCUT2D eigenvalue weighted by Gasteiger charge is -2.28. The molecule has 2 heterocycles. The van der Waals surface area contributed by atoms with E-state index >= 15 is 0 Å². The Morgan fingerprint density at radius 2 is 1.69 bits per heavy atom. The maximum atomic E-state index is 5.29. The highest BCUT2D eigenvalue weighted by Crippen LogP contribution is 2.29. The molecule has 0 aromatic heterocycles. The van der Waals surface area contributed by atoms with Gasteiger partial charge in [-0.1, -0.05) is 13.8 Å². The van der Waals surface area contributed by atoms with E-state index in [1.54, 1.807) is 0 Å². The molecule has 0 radical (unpaired) electrons. The molecule has 2 nitrogen and oxygen atoms in total. The van der Waals surface area contributed by atoms with Crippen LogP contribution in [0.15, 0.2) is 0 Å². The maximum Gasteiger partial charge on any atom is 0.130 e. The summed E-state index contributed by atoms with van der Waals surface area (Å²) in [4.78, 5) is 0. The van der Waals surface area contributed by atoms with Crippen LogP contribution in [-0.2, 0) is 4.74 Å². The first kappa shape index (κ1) is 11.3. The molecule has 0 amide bonds. The van der Waals surface area contributed by atoms with Gasteiger partial charge in [0.25, 0.3) is 0 Å². The van der Waals surface area contributed by atoms with Gasteiger partial charge in [0, 0.05) is 11.8 Å². The van der Waals surface area contributed by atoms with Crippen molar-refractivity contribution in [2.45, 2.75) is 20.0 Å². The molecule has 3 atom stereocenters. The monoisotopic (exact) mass is 205 g/mol. The zero-order valence-corrected chi connectivity index (χ0v) is 9.55. The Hall–Kier alpha value is 0.210. The molecule has 2 aliphatic heterocycles. The van der Waals surface area contributed by atoms with Gasteiger partial charge in [0.1, 0.15) is 12.6 Å². The third kappa shape index (κ3) is 2.58. The van der Waals surface area contributed by atoms with Crippen LogP contribution in [0.1, 0.15) is 13.8 Å². The number of nitrogens with zero attached hydrogens (tertiary/aromatic N) is 1. The van der Waals surface area contributed by atoms with Gasteiger partial charge >= 0.3 is 0 Å². The second-order valence-electron chi connectivity index (χ2n) is 5.08. The van der Waals surface area contributed by atoms with Crippen molar-refractivity contribution >= 4 is 0 Å². The molecule has 13 heavy (non-hydrogen) atoms. The third-order valence-electron chi connectivity index (χ3n) is 3.48. The molecule has 2 rings (SSSR count). The molecule has 0 saturated carbocycles. The predicted molar refractivity (Wildman–Crippen MR) is 48.9 cm³/mol. The Kier molecular flexibility index (Phi) is 3.26. The van der Waals surface area contributed by atoms with Crippen LogP contribution in [0.3, 0.4) is 0 Å². The highest BCUT2D eigenvalue weighted by molar-refractivity contribution is 4.74. The van der Waals surface area contributed by atoms with E-state index in [0.29, 0.717) is 6.10 Å². The van der Waals surface area contributed by atoms with E-state index < -0.39 is 0 Å². The van der Waals surface area contributed by atoms with E-state index in [9.17, 15) is 0 Å². The van der Waals surface area contributed by atoms with E-state index in [-0.39, 0.29) is 12.4 Å². The van der Waals surface area contributed by atoms with Crippen LogP contribution < -0.4 is 12.4 Å². The van der Waals surface area contributed by atoms with Crippen LogP contribution in [-0.4, -0.2) is 43.9 Å². The zero-order valence-electron chi connectivity index (χ0n) is 8.79. The Bertz CT molecular complexity index is 166. The number of quaternary nitrogens is 1. The third-order valence-corrected chi connectivity index (χ3v) is 3.48. The quantitative estimate of drug-likeness (QED) is 0.380. The minimum Gasteiger partial charge on any atom is -1.00 e. The first-order valence-corrected chi connectivity index (χ1v) is 5.04. The summed E-state index contributed by atoms with van der Waals surface area (Å²) in [5.41, 5.74) is 0. The Morgan fingerprint density at radius 3 is 2.08 bits per heavy atom. The SMILES string of the molecule is CC1C[N+](C)(CC2CO2)CC1C.[Cl-]. The number of epoxide rings is 1. The first-order valence-electron chi connectivity index (χ1n) is 5.04. The molecule has 2 aliphatic rings.